The van der Waals surface area contributed by atoms with Crippen molar-refractivity contribution in [1.29, 1.82) is 0 Å². The van der Waals surface area contributed by atoms with Crippen molar-refractivity contribution in [1.82, 2.24) is 5.43 Å². The molecule has 0 radical (unpaired) electrons. The van der Waals surface area contributed by atoms with Gasteiger partial charge in [0.1, 0.15) is 6.54 Å². The van der Waals surface area contributed by atoms with Crippen LogP contribution in [-0.4, -0.2) is 24.5 Å². The van der Waals surface area contributed by atoms with Gasteiger partial charge in [-0.25, -0.2) is 0 Å². The van der Waals surface area contributed by atoms with Crippen molar-refractivity contribution < 1.29 is 14.2 Å². The van der Waals surface area contributed by atoms with Gasteiger partial charge in [-0.2, -0.15) is 5.43 Å². The number of hydroxylamine groups is 2. The molecule has 1 saturated heterocycles. The third-order valence-corrected chi connectivity index (χ3v) is 5.64. The van der Waals surface area contributed by atoms with Crippen LogP contribution in [0, 0.1) is 5.21 Å². The van der Waals surface area contributed by atoms with E-state index in [1.807, 2.05) is 48.5 Å². The van der Waals surface area contributed by atoms with Crippen LogP contribution in [0.4, 0.5) is 0 Å². The summed E-state index contributed by atoms with van der Waals surface area (Å²) in [4.78, 5) is 0. The van der Waals surface area contributed by atoms with Gasteiger partial charge in [-0.05, 0) is 43.4 Å². The van der Waals surface area contributed by atoms with Crippen LogP contribution >= 0.6 is 0 Å². The molecular formula is C22H28N2O3. The predicted molar refractivity (Wildman–Crippen MR) is 105 cm³/mol. The molecule has 1 aliphatic heterocycles. The maximum atomic E-state index is 13.1. The summed E-state index contributed by atoms with van der Waals surface area (Å²) in [6.45, 7) is 1.00. The molecule has 4 rings (SSSR count). The Hall–Kier alpha value is -2.08. The van der Waals surface area contributed by atoms with Crippen molar-refractivity contribution in [2.24, 2.45) is 0 Å². The first kappa shape index (κ1) is 18.3. The number of nitrogens with zero attached hydrogens (tertiary/aromatic N) is 1. The molecule has 5 nitrogen and oxygen atoms in total. The first-order valence-corrected chi connectivity index (χ1v) is 9.90. The van der Waals surface area contributed by atoms with Crippen LogP contribution in [0.3, 0.4) is 0 Å². The predicted octanol–water partition coefficient (Wildman–Crippen LogP) is 4.48. The van der Waals surface area contributed by atoms with E-state index in [2.05, 4.69) is 5.43 Å². The minimum Gasteiger partial charge on any atom is -0.611 e. The van der Waals surface area contributed by atoms with Gasteiger partial charge in [0.15, 0.2) is 11.5 Å². The molecule has 2 atom stereocenters. The fourth-order valence-corrected chi connectivity index (χ4v) is 4.18. The lowest BCUT2D eigenvalue weighted by Crippen LogP contribution is -2.47. The quantitative estimate of drug-likeness (QED) is 0.603. The average molecular weight is 368 g/mol. The maximum absolute atomic E-state index is 13.1. The van der Waals surface area contributed by atoms with Gasteiger partial charge in [0.25, 0.3) is 0 Å². The molecule has 1 saturated carbocycles. The van der Waals surface area contributed by atoms with Crippen LogP contribution in [-0.2, 0) is 6.54 Å². The Bertz CT molecular complexity index is 761. The lowest BCUT2D eigenvalue weighted by Gasteiger charge is -2.37. The monoisotopic (exact) mass is 368 g/mol. The van der Waals surface area contributed by atoms with Crippen LogP contribution in [0.25, 0.3) is 0 Å². The van der Waals surface area contributed by atoms with Gasteiger partial charge in [-0.3, -0.25) is 4.76 Å². The molecule has 27 heavy (non-hydrogen) atoms. The second-order valence-corrected chi connectivity index (χ2v) is 7.66. The average Bonchev–Trinajstić information content (AvgIpc) is 3.32. The molecule has 1 N–H and O–H groups in total. The van der Waals surface area contributed by atoms with Gasteiger partial charge >= 0.3 is 0 Å². The Morgan fingerprint density at radius 1 is 1.04 bits per heavy atom. The topological polar surface area (TPSA) is 53.5 Å². The number of nitrogens with one attached hydrogen (secondary N) is 1. The van der Waals surface area contributed by atoms with Crippen LogP contribution in [0.15, 0.2) is 48.5 Å². The number of quaternary nitrogens is 1. The van der Waals surface area contributed by atoms with Crippen LogP contribution in [0.5, 0.6) is 11.5 Å². The minimum atomic E-state index is -0.389. The highest BCUT2D eigenvalue weighted by Gasteiger charge is 2.33. The summed E-state index contributed by atoms with van der Waals surface area (Å²) in [6.07, 6.45) is 5.75. The number of benzene rings is 2. The number of ether oxygens (including phenoxy) is 2. The molecule has 2 unspecified atom stereocenters. The minimum absolute atomic E-state index is 0.0306. The van der Waals surface area contributed by atoms with Gasteiger partial charge in [0.2, 0.25) is 0 Å². The molecule has 0 spiro atoms. The molecule has 0 amide bonds. The van der Waals surface area contributed by atoms with E-state index in [1.54, 1.807) is 7.11 Å². The van der Waals surface area contributed by atoms with Crippen molar-refractivity contribution in [3.8, 4) is 11.5 Å². The Kier molecular flexibility index (Phi) is 5.34. The van der Waals surface area contributed by atoms with Gasteiger partial charge in [0, 0.05) is 12.0 Å². The van der Waals surface area contributed by atoms with Crippen molar-refractivity contribution >= 4 is 0 Å². The van der Waals surface area contributed by atoms with E-state index in [1.165, 1.54) is 12.8 Å². The third-order valence-electron chi connectivity index (χ3n) is 5.64. The van der Waals surface area contributed by atoms with Crippen molar-refractivity contribution in [3.05, 3.63) is 64.9 Å². The van der Waals surface area contributed by atoms with Gasteiger partial charge in [-0.15, -0.1) is 0 Å². The Morgan fingerprint density at radius 2 is 1.81 bits per heavy atom. The first-order chi connectivity index (χ1) is 13.1. The maximum Gasteiger partial charge on any atom is 0.161 e. The second-order valence-electron chi connectivity index (χ2n) is 7.66. The zero-order valence-corrected chi connectivity index (χ0v) is 15.9. The number of methoxy groups -OCH3 is 1. The zero-order chi connectivity index (χ0) is 18.7. The summed E-state index contributed by atoms with van der Waals surface area (Å²) < 4.78 is 11.3. The fraction of sp³-hybridized carbons (Fsp3) is 0.455. The van der Waals surface area contributed by atoms with Crippen molar-refractivity contribution in [3.63, 3.8) is 0 Å². The summed E-state index contributed by atoms with van der Waals surface area (Å²) in [5.41, 5.74) is 5.42. The van der Waals surface area contributed by atoms with Crippen molar-refractivity contribution in [2.45, 2.75) is 50.8 Å². The molecule has 0 aromatic heterocycles. The molecule has 1 aliphatic carbocycles. The number of hydrogen-bond acceptors (Lipinski definition) is 4. The number of hydrogen-bond donors (Lipinski definition) is 1. The summed E-state index contributed by atoms with van der Waals surface area (Å²) in [7, 11) is 1.67. The van der Waals surface area contributed by atoms with E-state index in [4.69, 9.17) is 9.47 Å². The molecular weight excluding hydrogens is 340 g/mol. The summed E-state index contributed by atoms with van der Waals surface area (Å²) >= 11 is 0. The summed E-state index contributed by atoms with van der Waals surface area (Å²) in [5, 5.41) is 13.1. The van der Waals surface area contributed by atoms with E-state index in [0.717, 1.165) is 41.9 Å². The lowest BCUT2D eigenvalue weighted by atomic mass is 10.0. The van der Waals surface area contributed by atoms with E-state index in [0.29, 0.717) is 13.1 Å². The highest BCUT2D eigenvalue weighted by atomic mass is 16.6. The normalized spacial score (nSPS) is 25.6. The van der Waals surface area contributed by atoms with Crippen LogP contribution in [0.2, 0.25) is 0 Å². The molecule has 2 aliphatic rings. The highest BCUT2D eigenvalue weighted by molar-refractivity contribution is 5.44. The van der Waals surface area contributed by atoms with Crippen LogP contribution < -0.4 is 14.9 Å². The summed E-state index contributed by atoms with van der Waals surface area (Å²) in [6, 6.07) is 16.0. The smallest absolute Gasteiger partial charge is 0.161 e. The molecule has 0 bridgehead atoms. The van der Waals surface area contributed by atoms with Crippen LogP contribution in [0.1, 0.15) is 49.3 Å². The van der Waals surface area contributed by atoms with Gasteiger partial charge in [0.05, 0.1) is 25.8 Å². The molecule has 1 heterocycles. The van der Waals surface area contributed by atoms with Crippen molar-refractivity contribution in [2.75, 3.05) is 13.7 Å². The Balaban J connectivity index is 1.48. The van der Waals surface area contributed by atoms with Gasteiger partial charge < -0.3 is 14.7 Å². The first-order valence-electron chi connectivity index (χ1n) is 9.90. The standard InChI is InChI=1S/C22H28N2O3/c1-26-21-12-11-18(15-22(21)27-19-9-5-6-10-19)20-13-14-24(25,23-20)16-17-7-3-2-4-8-17/h2-4,7-8,11-12,15,19-20,23H,5-6,9-10,13-14,16H2,1H3. The second kappa shape index (κ2) is 7.89. The van der Waals surface area contributed by atoms with Gasteiger partial charge in [-0.1, -0.05) is 36.4 Å². The molecule has 5 heteroatoms. The Labute approximate surface area is 161 Å². The molecule has 2 aromatic rings. The van der Waals surface area contributed by atoms with E-state index < -0.39 is 0 Å². The zero-order valence-electron chi connectivity index (χ0n) is 15.9. The SMILES string of the molecule is COc1ccc(C2CC[N+]([O-])(Cc3ccccc3)N2)cc1OC1CCCC1. The third kappa shape index (κ3) is 4.26. The fourth-order valence-electron chi connectivity index (χ4n) is 4.18. The summed E-state index contributed by atoms with van der Waals surface area (Å²) in [5.74, 6) is 1.55. The molecule has 144 valence electrons. The highest BCUT2D eigenvalue weighted by Crippen LogP contribution is 2.36. The van der Waals surface area contributed by atoms with E-state index in [9.17, 15) is 5.21 Å². The lowest BCUT2D eigenvalue weighted by molar-refractivity contribution is -0.926. The van der Waals surface area contributed by atoms with E-state index in [-0.39, 0.29) is 16.9 Å². The van der Waals surface area contributed by atoms with E-state index >= 15 is 0 Å². The molecule has 2 aromatic carbocycles. The Morgan fingerprint density at radius 3 is 2.56 bits per heavy atom. The number of rotatable bonds is 6. The largest absolute Gasteiger partial charge is 0.611 e. The molecule has 2 fully saturated rings.